The maximum absolute atomic E-state index is 13.0. The van der Waals surface area contributed by atoms with Crippen molar-refractivity contribution < 1.29 is 14.3 Å². The summed E-state index contributed by atoms with van der Waals surface area (Å²) in [6.45, 7) is 6.17. The Labute approximate surface area is 182 Å². The summed E-state index contributed by atoms with van der Waals surface area (Å²) < 4.78 is 5.45. The zero-order chi connectivity index (χ0) is 22.0. The lowest BCUT2D eigenvalue weighted by Gasteiger charge is -2.34. The average molecular weight is 421 g/mol. The number of imide groups is 1. The number of benzene rings is 2. The average Bonchev–Trinajstić information content (AvgIpc) is 3.03. The topological polar surface area (TPSA) is 65.1 Å². The first-order chi connectivity index (χ1) is 15.0. The van der Waals surface area contributed by atoms with E-state index < -0.39 is 0 Å². The van der Waals surface area contributed by atoms with Gasteiger partial charge in [0.1, 0.15) is 11.4 Å². The number of rotatable bonds is 6. The van der Waals surface area contributed by atoms with E-state index in [2.05, 4.69) is 34.3 Å². The normalized spacial score (nSPS) is 17.5. The van der Waals surface area contributed by atoms with Crippen molar-refractivity contribution in [3.8, 4) is 5.75 Å². The van der Waals surface area contributed by atoms with Crippen LogP contribution < -0.4 is 15.0 Å². The van der Waals surface area contributed by atoms with Gasteiger partial charge in [-0.25, -0.2) is 0 Å². The first kappa shape index (κ1) is 20.9. The molecule has 0 aliphatic carbocycles. The Kier molecular flexibility index (Phi) is 5.95. The summed E-state index contributed by atoms with van der Waals surface area (Å²) in [4.78, 5) is 32.0. The summed E-state index contributed by atoms with van der Waals surface area (Å²) >= 11 is 0. The van der Waals surface area contributed by atoms with Crippen LogP contribution in [0.5, 0.6) is 5.75 Å². The quantitative estimate of drug-likeness (QED) is 0.725. The zero-order valence-electron chi connectivity index (χ0n) is 18.2. The number of nitrogens with one attached hydrogen (secondary N) is 1. The van der Waals surface area contributed by atoms with Crippen LogP contribution in [0, 0.1) is 0 Å². The van der Waals surface area contributed by atoms with Gasteiger partial charge in [-0.05, 0) is 44.3 Å². The summed E-state index contributed by atoms with van der Waals surface area (Å²) in [6, 6.07) is 15.3. The van der Waals surface area contributed by atoms with Crippen molar-refractivity contribution in [1.29, 1.82) is 0 Å². The molecule has 0 radical (unpaired) electrons. The van der Waals surface area contributed by atoms with E-state index in [1.54, 1.807) is 26.2 Å². The highest BCUT2D eigenvalue weighted by Gasteiger charge is 2.39. The van der Waals surface area contributed by atoms with Crippen LogP contribution in [0.15, 0.2) is 54.2 Å². The van der Waals surface area contributed by atoms with Crippen molar-refractivity contribution in [3.05, 3.63) is 59.8 Å². The van der Waals surface area contributed by atoms with E-state index in [0.717, 1.165) is 37.6 Å². The van der Waals surface area contributed by atoms with Crippen LogP contribution in [-0.4, -0.2) is 68.5 Å². The fourth-order valence-corrected chi connectivity index (χ4v) is 4.04. The minimum Gasteiger partial charge on any atom is -0.496 e. The maximum atomic E-state index is 13.0. The number of carbonyl (C=O) groups is 2. The van der Waals surface area contributed by atoms with Crippen molar-refractivity contribution in [3.63, 3.8) is 0 Å². The molecule has 1 N–H and O–H groups in total. The van der Waals surface area contributed by atoms with Crippen LogP contribution in [0.3, 0.4) is 0 Å². The number of amides is 2. The van der Waals surface area contributed by atoms with Gasteiger partial charge in [-0.3, -0.25) is 14.5 Å². The molecule has 7 heteroatoms. The Bertz CT molecular complexity index is 1010. The second-order valence-corrected chi connectivity index (χ2v) is 7.77. The predicted octanol–water partition coefficient (Wildman–Crippen LogP) is 2.66. The first-order valence-electron chi connectivity index (χ1n) is 10.6. The molecule has 0 atom stereocenters. The lowest BCUT2D eigenvalue weighted by Crippen LogP contribution is -2.44. The summed E-state index contributed by atoms with van der Waals surface area (Å²) in [5.41, 5.74) is 3.15. The van der Waals surface area contributed by atoms with Gasteiger partial charge in [-0.1, -0.05) is 18.2 Å². The summed E-state index contributed by atoms with van der Waals surface area (Å²) in [5.74, 6) is -0.0774. The van der Waals surface area contributed by atoms with Gasteiger partial charge < -0.3 is 19.9 Å². The Morgan fingerprint density at radius 3 is 2.26 bits per heavy atom. The van der Waals surface area contributed by atoms with Gasteiger partial charge in [0.05, 0.1) is 12.7 Å². The molecule has 0 spiro atoms. The number of methoxy groups -OCH3 is 1. The second kappa shape index (κ2) is 8.81. The number of ether oxygens (including phenoxy) is 1. The van der Waals surface area contributed by atoms with Crippen molar-refractivity contribution in [2.45, 2.75) is 6.92 Å². The smallest absolute Gasteiger partial charge is 0.278 e. The third-order valence-corrected chi connectivity index (χ3v) is 5.87. The van der Waals surface area contributed by atoms with E-state index in [1.165, 1.54) is 4.90 Å². The van der Waals surface area contributed by atoms with E-state index in [9.17, 15) is 9.59 Å². The number of para-hydroxylation sites is 1. The van der Waals surface area contributed by atoms with Crippen LogP contribution in [0.4, 0.5) is 11.4 Å². The number of likely N-dealkylation sites (N-methyl/N-ethyl adjacent to an activating group) is 2. The van der Waals surface area contributed by atoms with Crippen LogP contribution in [0.2, 0.25) is 0 Å². The molecule has 2 aliphatic rings. The molecule has 1 saturated heterocycles. The standard InChI is InChI=1S/C24H28N4O3/c1-4-28-23(29)21(19-7-5-6-8-20(19)31-3)22(24(28)30)25-17-9-11-18(12-10-17)27-15-13-26(2)14-16-27/h5-12,25H,4,13-16H2,1-3H3. The highest BCUT2D eigenvalue weighted by Crippen LogP contribution is 2.35. The van der Waals surface area contributed by atoms with Gasteiger partial charge in [-0.2, -0.15) is 0 Å². The molecule has 0 aromatic heterocycles. The molecule has 31 heavy (non-hydrogen) atoms. The SMILES string of the molecule is CCN1C(=O)C(Nc2ccc(N3CCN(C)CC3)cc2)=C(c2ccccc2OC)C1=O. The Balaban J connectivity index is 1.64. The summed E-state index contributed by atoms with van der Waals surface area (Å²) in [5, 5.41) is 3.21. The van der Waals surface area contributed by atoms with Gasteiger partial charge in [0.25, 0.3) is 11.8 Å². The van der Waals surface area contributed by atoms with E-state index in [0.29, 0.717) is 23.4 Å². The fraction of sp³-hybridized carbons (Fsp3) is 0.333. The molecule has 2 aliphatic heterocycles. The van der Waals surface area contributed by atoms with Gasteiger partial charge in [-0.15, -0.1) is 0 Å². The molecule has 162 valence electrons. The molecule has 0 unspecified atom stereocenters. The lowest BCUT2D eigenvalue weighted by molar-refractivity contribution is -0.136. The van der Waals surface area contributed by atoms with Crippen LogP contribution in [-0.2, 0) is 9.59 Å². The Morgan fingerprint density at radius 2 is 1.61 bits per heavy atom. The number of hydrogen-bond donors (Lipinski definition) is 1. The van der Waals surface area contributed by atoms with Crippen LogP contribution >= 0.6 is 0 Å². The largest absolute Gasteiger partial charge is 0.496 e. The Hall–Kier alpha value is -3.32. The third-order valence-electron chi connectivity index (χ3n) is 5.87. The molecule has 4 rings (SSSR count). The fourth-order valence-electron chi connectivity index (χ4n) is 4.04. The molecular weight excluding hydrogens is 392 g/mol. The van der Waals surface area contributed by atoms with E-state index >= 15 is 0 Å². The lowest BCUT2D eigenvalue weighted by atomic mass is 10.0. The second-order valence-electron chi connectivity index (χ2n) is 7.77. The molecule has 2 heterocycles. The molecule has 0 saturated carbocycles. The minimum atomic E-state index is -0.323. The highest BCUT2D eigenvalue weighted by atomic mass is 16.5. The predicted molar refractivity (Wildman–Crippen MR) is 122 cm³/mol. The van der Waals surface area contributed by atoms with E-state index in [4.69, 9.17) is 4.74 Å². The van der Waals surface area contributed by atoms with Crippen LogP contribution in [0.1, 0.15) is 12.5 Å². The summed E-state index contributed by atoms with van der Waals surface area (Å²) in [7, 11) is 3.69. The first-order valence-corrected chi connectivity index (χ1v) is 10.6. The molecule has 2 aromatic carbocycles. The van der Waals surface area contributed by atoms with E-state index in [1.807, 2.05) is 24.3 Å². The number of hydrogen-bond acceptors (Lipinski definition) is 6. The van der Waals surface area contributed by atoms with Crippen molar-refractivity contribution in [1.82, 2.24) is 9.80 Å². The van der Waals surface area contributed by atoms with Crippen molar-refractivity contribution in [2.75, 3.05) is 57.1 Å². The number of carbonyl (C=O) groups excluding carboxylic acids is 2. The molecule has 2 amide bonds. The third kappa shape index (κ3) is 4.01. The molecule has 2 aromatic rings. The number of piperazine rings is 1. The van der Waals surface area contributed by atoms with Gasteiger partial charge >= 0.3 is 0 Å². The monoisotopic (exact) mass is 420 g/mol. The van der Waals surface area contributed by atoms with Gasteiger partial charge in [0.15, 0.2) is 0 Å². The molecule has 7 nitrogen and oxygen atoms in total. The highest BCUT2D eigenvalue weighted by molar-refractivity contribution is 6.37. The van der Waals surface area contributed by atoms with Gasteiger partial charge in [0, 0.05) is 49.7 Å². The van der Waals surface area contributed by atoms with E-state index in [-0.39, 0.29) is 17.5 Å². The zero-order valence-corrected chi connectivity index (χ0v) is 18.2. The Morgan fingerprint density at radius 1 is 0.935 bits per heavy atom. The number of anilines is 2. The number of nitrogens with zero attached hydrogens (tertiary/aromatic N) is 3. The van der Waals surface area contributed by atoms with Crippen molar-refractivity contribution >= 4 is 28.8 Å². The summed E-state index contributed by atoms with van der Waals surface area (Å²) in [6.07, 6.45) is 0. The minimum absolute atomic E-state index is 0.281. The molecule has 1 fully saturated rings. The molecular formula is C24H28N4O3. The van der Waals surface area contributed by atoms with Gasteiger partial charge in [0.2, 0.25) is 0 Å². The van der Waals surface area contributed by atoms with Crippen LogP contribution in [0.25, 0.3) is 5.57 Å². The van der Waals surface area contributed by atoms with Crippen molar-refractivity contribution in [2.24, 2.45) is 0 Å². The molecule has 0 bridgehead atoms. The maximum Gasteiger partial charge on any atom is 0.278 e.